The van der Waals surface area contributed by atoms with Crippen molar-refractivity contribution in [3.63, 3.8) is 0 Å². The molecule has 1 aromatic rings. The first-order valence-electron chi connectivity index (χ1n) is 11.1. The van der Waals surface area contributed by atoms with Crippen LogP contribution in [0.4, 0.5) is 0 Å². The number of hydrogen-bond donors (Lipinski definition) is 0. The molecule has 0 bridgehead atoms. The van der Waals surface area contributed by atoms with Crippen LogP contribution in [0.5, 0.6) is 5.75 Å². The molecule has 150 valence electrons. The maximum Gasteiger partial charge on any atom is 0.311 e. The van der Waals surface area contributed by atoms with Crippen LogP contribution in [-0.2, 0) is 32.5 Å². The molecule has 0 spiro atoms. The van der Waals surface area contributed by atoms with Gasteiger partial charge < -0.3 is 4.74 Å². The van der Waals surface area contributed by atoms with Crippen LogP contribution in [0.25, 0.3) is 0 Å². The van der Waals surface area contributed by atoms with Crippen LogP contribution in [0.3, 0.4) is 0 Å². The molecule has 0 heterocycles. The average molecular weight is 561 g/mol. The third-order valence-electron chi connectivity index (χ3n) is 4.96. The summed E-state index contributed by atoms with van der Waals surface area (Å²) in [5, 5.41) is 0. The summed E-state index contributed by atoms with van der Waals surface area (Å²) in [5.74, 6) is 0.546. The molecule has 0 fully saturated rings. The van der Waals surface area contributed by atoms with E-state index in [1.165, 1.54) is 83.5 Å². The van der Waals surface area contributed by atoms with Crippen LogP contribution in [-0.4, -0.2) is 5.97 Å². The number of para-hydroxylation sites is 1. The molecule has 0 aliphatic carbocycles. The van der Waals surface area contributed by atoms with Gasteiger partial charge in [-0.1, -0.05) is 115 Å². The maximum absolute atomic E-state index is 11.7. The Morgan fingerprint density at radius 3 is 1.52 bits per heavy atom. The van der Waals surface area contributed by atoms with Crippen molar-refractivity contribution in [1.29, 1.82) is 0 Å². The van der Waals surface area contributed by atoms with E-state index in [-0.39, 0.29) is 33.6 Å². The third-order valence-corrected chi connectivity index (χ3v) is 4.96. The second-order valence-corrected chi connectivity index (χ2v) is 7.49. The Kier molecular flexibility index (Phi) is 20.1. The van der Waals surface area contributed by atoms with E-state index in [1.54, 1.807) is 0 Å². The number of ether oxygens (including phenoxy) is 1. The zero-order valence-corrected chi connectivity index (χ0v) is 23.2. The molecule has 0 aliphatic rings. The number of esters is 1. The minimum atomic E-state index is -0.106. The van der Waals surface area contributed by atoms with E-state index in [4.69, 9.17) is 4.74 Å². The van der Waals surface area contributed by atoms with Gasteiger partial charge in [0.15, 0.2) is 0 Å². The molecule has 0 amide bonds. The fraction of sp³-hybridized carbons (Fsp3) is 0.708. The summed E-state index contributed by atoms with van der Waals surface area (Å²) in [6.45, 7) is 2.28. The fourth-order valence-corrected chi connectivity index (χ4v) is 3.31. The van der Waals surface area contributed by atoms with Gasteiger partial charge in [-0.2, -0.15) is 0 Å². The number of rotatable bonds is 17. The standard InChI is InChI=1S/C24H40O2.Hg/c1-2-3-4-5-6-7-8-9-10-11-12-13-14-15-19-22-24(25)26-23-20-17-16-18-21-23;/h16-18,20-21H,2-15,19,22H2,1H3;. The Balaban J connectivity index is 0.00000676. The molecule has 0 radical (unpaired) electrons. The van der Waals surface area contributed by atoms with Crippen LogP contribution in [0, 0.1) is 0 Å². The average Bonchev–Trinajstić information content (AvgIpc) is 2.65. The van der Waals surface area contributed by atoms with Crippen molar-refractivity contribution >= 4 is 5.97 Å². The quantitative estimate of drug-likeness (QED) is 0.0839. The Morgan fingerprint density at radius 2 is 1.07 bits per heavy atom. The fourth-order valence-electron chi connectivity index (χ4n) is 3.31. The minimum absolute atomic E-state index is 0. The molecule has 0 aliphatic heterocycles. The van der Waals surface area contributed by atoms with Crippen molar-refractivity contribution in [2.24, 2.45) is 0 Å². The van der Waals surface area contributed by atoms with Gasteiger partial charge in [-0.05, 0) is 18.6 Å². The Morgan fingerprint density at radius 1 is 0.667 bits per heavy atom. The number of benzene rings is 1. The van der Waals surface area contributed by atoms with Crippen molar-refractivity contribution < 1.29 is 37.2 Å². The molecule has 0 saturated carbocycles. The van der Waals surface area contributed by atoms with Gasteiger partial charge in [-0.3, -0.25) is 4.79 Å². The van der Waals surface area contributed by atoms with Crippen LogP contribution >= 0.6 is 0 Å². The monoisotopic (exact) mass is 562 g/mol. The molecular weight excluding hydrogens is 521 g/mol. The summed E-state index contributed by atoms with van der Waals surface area (Å²) in [4.78, 5) is 11.7. The van der Waals surface area contributed by atoms with E-state index in [9.17, 15) is 4.79 Å². The summed E-state index contributed by atoms with van der Waals surface area (Å²) in [6.07, 6.45) is 20.7. The summed E-state index contributed by atoms with van der Waals surface area (Å²) in [5.41, 5.74) is 0. The third kappa shape index (κ3) is 17.5. The molecule has 1 aromatic carbocycles. The molecule has 3 heteroatoms. The Labute approximate surface area is 188 Å². The normalized spacial score (nSPS) is 10.4. The molecule has 0 unspecified atom stereocenters. The summed E-state index contributed by atoms with van der Waals surface area (Å²) in [6, 6.07) is 9.34. The summed E-state index contributed by atoms with van der Waals surface area (Å²) in [7, 11) is 0. The maximum atomic E-state index is 11.7. The molecule has 0 atom stereocenters. The van der Waals surface area contributed by atoms with Gasteiger partial charge in [0.05, 0.1) is 0 Å². The van der Waals surface area contributed by atoms with Gasteiger partial charge in [0.25, 0.3) is 0 Å². The van der Waals surface area contributed by atoms with Crippen LogP contribution in [0.1, 0.15) is 110 Å². The second kappa shape index (κ2) is 20.4. The first kappa shape index (κ1) is 26.6. The molecule has 1 rings (SSSR count). The molecular formula is C24H40HgO2. The summed E-state index contributed by atoms with van der Waals surface area (Å²) < 4.78 is 5.29. The molecule has 0 aromatic heterocycles. The minimum Gasteiger partial charge on any atom is -0.427 e. The number of hydrogen-bond acceptors (Lipinski definition) is 2. The van der Waals surface area contributed by atoms with Crippen molar-refractivity contribution in [3.8, 4) is 5.75 Å². The van der Waals surface area contributed by atoms with E-state index < -0.39 is 0 Å². The predicted molar refractivity (Wildman–Crippen MR) is 112 cm³/mol. The Hall–Kier alpha value is -0.375. The van der Waals surface area contributed by atoms with Crippen LogP contribution in [0.15, 0.2) is 30.3 Å². The van der Waals surface area contributed by atoms with E-state index in [0.29, 0.717) is 12.2 Å². The van der Waals surface area contributed by atoms with Crippen LogP contribution in [0.2, 0.25) is 0 Å². The van der Waals surface area contributed by atoms with Gasteiger partial charge in [-0.25, -0.2) is 0 Å². The molecule has 0 saturated heterocycles. The number of carbonyl (C=O) groups excluding carboxylic acids is 1. The van der Waals surface area contributed by atoms with E-state index in [1.807, 2.05) is 30.3 Å². The predicted octanol–water partition coefficient (Wildman–Crippen LogP) is 7.85. The number of carbonyl (C=O) groups is 1. The van der Waals surface area contributed by atoms with E-state index in [2.05, 4.69) is 6.92 Å². The Bertz CT molecular complexity index is 433. The van der Waals surface area contributed by atoms with Crippen molar-refractivity contribution in [1.82, 2.24) is 0 Å². The second-order valence-electron chi connectivity index (χ2n) is 7.49. The SMILES string of the molecule is CCCCCCCCCCCCCCCCCC(=O)Oc1ccccc1.[Hg]. The van der Waals surface area contributed by atoms with Gasteiger partial charge in [0.1, 0.15) is 5.75 Å². The van der Waals surface area contributed by atoms with Crippen LogP contribution < -0.4 is 4.74 Å². The molecule has 2 nitrogen and oxygen atoms in total. The van der Waals surface area contributed by atoms with Gasteiger partial charge in [0, 0.05) is 34.1 Å². The topological polar surface area (TPSA) is 26.3 Å². The van der Waals surface area contributed by atoms with E-state index in [0.717, 1.165) is 12.8 Å². The van der Waals surface area contributed by atoms with Gasteiger partial charge in [0.2, 0.25) is 0 Å². The van der Waals surface area contributed by atoms with Crippen molar-refractivity contribution in [2.75, 3.05) is 0 Å². The number of unbranched alkanes of at least 4 members (excludes halogenated alkanes) is 14. The van der Waals surface area contributed by atoms with Gasteiger partial charge >= 0.3 is 5.97 Å². The van der Waals surface area contributed by atoms with Crippen molar-refractivity contribution in [2.45, 2.75) is 110 Å². The first-order valence-corrected chi connectivity index (χ1v) is 11.1. The first-order chi connectivity index (χ1) is 12.8. The zero-order chi connectivity index (χ0) is 18.7. The summed E-state index contributed by atoms with van der Waals surface area (Å²) >= 11 is 0. The largest absolute Gasteiger partial charge is 0.427 e. The molecule has 27 heavy (non-hydrogen) atoms. The van der Waals surface area contributed by atoms with Crippen molar-refractivity contribution in [3.05, 3.63) is 30.3 Å². The molecule has 0 N–H and O–H groups in total. The zero-order valence-electron chi connectivity index (χ0n) is 17.7. The van der Waals surface area contributed by atoms with Gasteiger partial charge in [-0.15, -0.1) is 0 Å². The van der Waals surface area contributed by atoms with E-state index >= 15 is 0 Å². The smallest absolute Gasteiger partial charge is 0.311 e.